The minimum absolute atomic E-state index is 0.197. The van der Waals surface area contributed by atoms with Crippen LogP contribution in [-0.2, 0) is 9.47 Å². The molecule has 3 rings (SSSR count). The average molecular weight is 333 g/mol. The first-order chi connectivity index (χ1) is 11.7. The van der Waals surface area contributed by atoms with Gasteiger partial charge in [0, 0.05) is 5.56 Å². The number of aromatic nitrogens is 1. The van der Waals surface area contributed by atoms with Gasteiger partial charge in [0.05, 0.1) is 31.6 Å². The molecule has 0 aliphatic carbocycles. The number of rotatable bonds is 7. The van der Waals surface area contributed by atoms with Crippen molar-refractivity contribution in [3.63, 3.8) is 0 Å². The van der Waals surface area contributed by atoms with Gasteiger partial charge in [-0.3, -0.25) is 0 Å². The minimum Gasteiger partial charge on any atom is -0.493 e. The van der Waals surface area contributed by atoms with Gasteiger partial charge in [-0.15, -0.1) is 0 Å². The van der Waals surface area contributed by atoms with E-state index in [1.807, 2.05) is 6.07 Å². The maximum Gasteiger partial charge on any atom is 0.373 e. The third kappa shape index (κ3) is 3.42. The van der Waals surface area contributed by atoms with Crippen molar-refractivity contribution < 1.29 is 28.5 Å². The predicted octanol–water partition coefficient (Wildman–Crippen LogP) is 3.26. The van der Waals surface area contributed by atoms with Gasteiger partial charge in [0.1, 0.15) is 5.75 Å². The zero-order valence-electron chi connectivity index (χ0n) is 13.4. The summed E-state index contributed by atoms with van der Waals surface area (Å²) in [7, 11) is 0. The summed E-state index contributed by atoms with van der Waals surface area (Å²) in [5.41, 5.74) is 1.27. The molecule has 1 aromatic heterocycles. The van der Waals surface area contributed by atoms with Crippen LogP contribution in [0.5, 0.6) is 5.75 Å². The van der Waals surface area contributed by atoms with Crippen molar-refractivity contribution in [2.45, 2.75) is 26.1 Å². The summed E-state index contributed by atoms with van der Waals surface area (Å²) in [5.74, 6) is -0.564. The van der Waals surface area contributed by atoms with Gasteiger partial charge >= 0.3 is 5.97 Å². The van der Waals surface area contributed by atoms with Crippen LogP contribution in [0.1, 0.15) is 42.2 Å². The van der Waals surface area contributed by atoms with E-state index in [0.29, 0.717) is 36.7 Å². The van der Waals surface area contributed by atoms with Crippen LogP contribution in [0.25, 0.3) is 11.5 Å². The maximum atomic E-state index is 11.0. The number of carboxylic acids is 1. The van der Waals surface area contributed by atoms with Gasteiger partial charge in [-0.25, -0.2) is 9.78 Å². The third-order valence-corrected chi connectivity index (χ3v) is 3.63. The second-order valence-corrected chi connectivity index (χ2v) is 5.33. The summed E-state index contributed by atoms with van der Waals surface area (Å²) in [6, 6.07) is 5.42. The molecule has 24 heavy (non-hydrogen) atoms. The lowest BCUT2D eigenvalue weighted by Crippen LogP contribution is -2.06. The lowest BCUT2D eigenvalue weighted by molar-refractivity contribution is -0.0454. The fraction of sp³-hybridized carbons (Fsp3) is 0.412. The first-order valence-electron chi connectivity index (χ1n) is 7.89. The molecular formula is C17H19NO6. The molecule has 0 amide bonds. The van der Waals surface area contributed by atoms with E-state index in [4.69, 9.17) is 23.7 Å². The fourth-order valence-corrected chi connectivity index (χ4v) is 2.45. The number of oxazole rings is 1. The van der Waals surface area contributed by atoms with Crippen LogP contribution < -0.4 is 4.74 Å². The van der Waals surface area contributed by atoms with Crippen molar-refractivity contribution in [3.8, 4) is 17.2 Å². The number of hydrogen-bond donors (Lipinski definition) is 1. The van der Waals surface area contributed by atoms with Crippen molar-refractivity contribution in [1.82, 2.24) is 4.98 Å². The van der Waals surface area contributed by atoms with E-state index in [0.717, 1.165) is 12.8 Å². The number of unbranched alkanes of at least 4 members (excludes halogenated alkanes) is 1. The Labute approximate surface area is 139 Å². The highest BCUT2D eigenvalue weighted by Crippen LogP contribution is 2.39. The molecule has 2 heterocycles. The Morgan fingerprint density at radius 2 is 2.17 bits per heavy atom. The summed E-state index contributed by atoms with van der Waals surface area (Å²) < 4.78 is 22.4. The van der Waals surface area contributed by atoms with Gasteiger partial charge in [-0.05, 0) is 18.6 Å². The highest BCUT2D eigenvalue weighted by Gasteiger charge is 2.28. The Kier molecular flexibility index (Phi) is 5.12. The quantitative estimate of drug-likeness (QED) is 0.778. The molecule has 7 heteroatoms. The molecule has 1 aromatic carbocycles. The topological polar surface area (TPSA) is 91.0 Å². The Morgan fingerprint density at radius 1 is 1.38 bits per heavy atom. The Hall–Kier alpha value is -2.38. The first-order valence-corrected chi connectivity index (χ1v) is 7.89. The number of ether oxygens (including phenoxy) is 3. The van der Waals surface area contributed by atoms with Crippen molar-refractivity contribution in [3.05, 3.63) is 35.7 Å². The van der Waals surface area contributed by atoms with Crippen LogP contribution >= 0.6 is 0 Å². The smallest absolute Gasteiger partial charge is 0.373 e. The minimum atomic E-state index is -1.17. The summed E-state index contributed by atoms with van der Waals surface area (Å²) in [6.07, 6.45) is 2.55. The molecule has 1 saturated heterocycles. The molecule has 0 unspecified atom stereocenters. The Balaban J connectivity index is 1.99. The zero-order chi connectivity index (χ0) is 16.9. The van der Waals surface area contributed by atoms with Crippen molar-refractivity contribution in [1.29, 1.82) is 0 Å². The van der Waals surface area contributed by atoms with E-state index in [-0.39, 0.29) is 11.7 Å². The van der Waals surface area contributed by atoms with Crippen LogP contribution in [0.2, 0.25) is 0 Å². The maximum absolute atomic E-state index is 11.0. The molecule has 0 spiro atoms. The number of hydrogen-bond acceptors (Lipinski definition) is 6. The second kappa shape index (κ2) is 7.46. The second-order valence-electron chi connectivity index (χ2n) is 5.33. The van der Waals surface area contributed by atoms with Crippen molar-refractivity contribution >= 4 is 5.97 Å². The molecular weight excluding hydrogens is 314 g/mol. The average Bonchev–Trinajstić information content (AvgIpc) is 3.26. The monoisotopic (exact) mass is 333 g/mol. The number of aromatic carboxylic acids is 1. The van der Waals surface area contributed by atoms with E-state index >= 15 is 0 Å². The number of nitrogens with zero attached hydrogens (tertiary/aromatic N) is 1. The number of carbonyl (C=O) groups is 1. The molecule has 0 saturated carbocycles. The van der Waals surface area contributed by atoms with E-state index in [9.17, 15) is 4.79 Å². The molecule has 1 aliphatic rings. The molecule has 1 aliphatic heterocycles. The Morgan fingerprint density at radius 3 is 2.83 bits per heavy atom. The highest BCUT2D eigenvalue weighted by atomic mass is 16.7. The molecule has 7 nitrogen and oxygen atoms in total. The zero-order valence-corrected chi connectivity index (χ0v) is 13.4. The SMILES string of the molecule is CCCCOc1cccc(-c2ncc(C(=O)O)o2)c1C1OCCO1. The van der Waals surface area contributed by atoms with Gasteiger partial charge in [0.25, 0.3) is 0 Å². The van der Waals surface area contributed by atoms with Crippen LogP contribution in [0.15, 0.2) is 28.8 Å². The summed E-state index contributed by atoms with van der Waals surface area (Å²) in [6.45, 7) is 3.63. The van der Waals surface area contributed by atoms with Gasteiger partial charge in [-0.1, -0.05) is 19.4 Å². The van der Waals surface area contributed by atoms with Gasteiger partial charge in [-0.2, -0.15) is 0 Å². The van der Waals surface area contributed by atoms with E-state index < -0.39 is 12.3 Å². The normalized spacial score (nSPS) is 14.9. The van der Waals surface area contributed by atoms with Gasteiger partial charge in [0.15, 0.2) is 6.29 Å². The summed E-state index contributed by atoms with van der Waals surface area (Å²) >= 11 is 0. The molecule has 1 fully saturated rings. The summed E-state index contributed by atoms with van der Waals surface area (Å²) in [4.78, 5) is 15.1. The van der Waals surface area contributed by atoms with Crippen LogP contribution in [-0.4, -0.2) is 35.9 Å². The van der Waals surface area contributed by atoms with Gasteiger partial charge < -0.3 is 23.7 Å². The lowest BCUT2D eigenvalue weighted by atomic mass is 10.1. The molecule has 128 valence electrons. The lowest BCUT2D eigenvalue weighted by Gasteiger charge is -2.18. The molecule has 0 atom stereocenters. The largest absolute Gasteiger partial charge is 0.493 e. The molecule has 2 aromatic rings. The predicted molar refractivity (Wildman–Crippen MR) is 83.9 cm³/mol. The van der Waals surface area contributed by atoms with Gasteiger partial charge in [0.2, 0.25) is 11.7 Å². The standard InChI is InChI=1S/C17H19NO6/c1-2-3-7-21-12-6-4-5-11(14(12)17-22-8-9-23-17)15-18-10-13(24-15)16(19)20/h4-6,10,17H,2-3,7-9H2,1H3,(H,19,20). The van der Waals surface area contributed by atoms with Crippen molar-refractivity contribution in [2.24, 2.45) is 0 Å². The van der Waals surface area contributed by atoms with E-state index in [1.54, 1.807) is 12.1 Å². The first kappa shape index (κ1) is 16.5. The highest BCUT2D eigenvalue weighted by molar-refractivity contribution is 5.84. The fourth-order valence-electron chi connectivity index (χ4n) is 2.45. The van der Waals surface area contributed by atoms with Crippen molar-refractivity contribution in [2.75, 3.05) is 19.8 Å². The third-order valence-electron chi connectivity index (χ3n) is 3.63. The Bertz CT molecular complexity index is 705. The molecule has 0 radical (unpaired) electrons. The van der Waals surface area contributed by atoms with Crippen LogP contribution in [0.4, 0.5) is 0 Å². The molecule has 1 N–H and O–H groups in total. The number of carboxylic acid groups (broad SMARTS) is 1. The van der Waals surface area contributed by atoms with Crippen LogP contribution in [0.3, 0.4) is 0 Å². The molecule has 0 bridgehead atoms. The number of benzene rings is 1. The van der Waals surface area contributed by atoms with E-state index in [1.165, 1.54) is 6.20 Å². The van der Waals surface area contributed by atoms with Crippen LogP contribution in [0, 0.1) is 0 Å². The van der Waals surface area contributed by atoms with E-state index in [2.05, 4.69) is 11.9 Å². The summed E-state index contributed by atoms with van der Waals surface area (Å²) in [5, 5.41) is 9.02.